The Morgan fingerprint density at radius 1 is 1.18 bits per heavy atom. The van der Waals surface area contributed by atoms with Crippen LogP contribution in [0.15, 0.2) is 29.2 Å². The molecule has 1 aliphatic heterocycles. The molecule has 1 aromatic carbocycles. The van der Waals surface area contributed by atoms with Crippen molar-refractivity contribution in [2.24, 2.45) is 0 Å². The highest BCUT2D eigenvalue weighted by Crippen LogP contribution is 2.20. The molecule has 6 nitrogen and oxygen atoms in total. The largest absolute Gasteiger partial charge is 0.494 e. The maximum absolute atomic E-state index is 12.4. The summed E-state index contributed by atoms with van der Waals surface area (Å²) in [4.78, 5) is 0.270. The van der Waals surface area contributed by atoms with Crippen molar-refractivity contribution >= 4 is 10.0 Å². The number of rotatable bonds is 7. The molecular formula is C15H20N2O4S. The van der Waals surface area contributed by atoms with Crippen LogP contribution >= 0.6 is 0 Å². The summed E-state index contributed by atoms with van der Waals surface area (Å²) in [7, 11) is -3.45. The minimum atomic E-state index is -3.45. The van der Waals surface area contributed by atoms with Crippen LogP contribution in [0, 0.1) is 11.3 Å². The monoisotopic (exact) mass is 324 g/mol. The van der Waals surface area contributed by atoms with Crippen molar-refractivity contribution in [3.8, 4) is 11.8 Å². The lowest BCUT2D eigenvalue weighted by Gasteiger charge is -2.26. The van der Waals surface area contributed by atoms with E-state index in [9.17, 15) is 8.42 Å². The van der Waals surface area contributed by atoms with Crippen molar-refractivity contribution in [1.29, 1.82) is 5.26 Å². The Morgan fingerprint density at radius 2 is 1.86 bits per heavy atom. The Morgan fingerprint density at radius 3 is 2.50 bits per heavy atom. The summed E-state index contributed by atoms with van der Waals surface area (Å²) in [5.74, 6) is 0.637. The molecular weight excluding hydrogens is 304 g/mol. The number of nitrogens with zero attached hydrogens (tertiary/aromatic N) is 2. The highest BCUT2D eigenvalue weighted by atomic mass is 32.2. The number of hydrogen-bond donors (Lipinski definition) is 0. The van der Waals surface area contributed by atoms with E-state index >= 15 is 0 Å². The summed E-state index contributed by atoms with van der Waals surface area (Å²) in [5, 5.41) is 8.44. The second-order valence-electron chi connectivity index (χ2n) is 4.95. The van der Waals surface area contributed by atoms with Crippen LogP contribution in [0.3, 0.4) is 0 Å². The first-order valence-electron chi connectivity index (χ1n) is 7.32. The minimum absolute atomic E-state index is 0.270. The van der Waals surface area contributed by atoms with Gasteiger partial charge in [-0.15, -0.1) is 0 Å². The van der Waals surface area contributed by atoms with Gasteiger partial charge >= 0.3 is 0 Å². The molecule has 22 heavy (non-hydrogen) atoms. The standard InChI is InChI=1S/C15H20N2O4S/c16-8-2-1-3-11-21-14-4-6-15(7-5-14)22(18,19)17-9-12-20-13-10-17/h4-7H,1-3,9-13H2. The molecule has 0 spiro atoms. The van der Waals surface area contributed by atoms with Crippen molar-refractivity contribution in [3.05, 3.63) is 24.3 Å². The Bertz CT molecular complexity index is 601. The lowest BCUT2D eigenvalue weighted by molar-refractivity contribution is 0.0730. The molecule has 1 aromatic rings. The normalized spacial score (nSPS) is 16.1. The van der Waals surface area contributed by atoms with E-state index in [1.165, 1.54) is 4.31 Å². The minimum Gasteiger partial charge on any atom is -0.494 e. The highest BCUT2D eigenvalue weighted by molar-refractivity contribution is 7.89. The third-order valence-electron chi connectivity index (χ3n) is 3.38. The first kappa shape index (κ1) is 16.7. The van der Waals surface area contributed by atoms with Gasteiger partial charge in [-0.3, -0.25) is 0 Å². The SMILES string of the molecule is N#CCCCCOc1ccc(S(=O)(=O)N2CCOCC2)cc1. The number of morpholine rings is 1. The van der Waals surface area contributed by atoms with Gasteiger partial charge in [0.2, 0.25) is 10.0 Å². The maximum atomic E-state index is 12.4. The van der Waals surface area contributed by atoms with Crippen molar-refractivity contribution in [3.63, 3.8) is 0 Å². The summed E-state index contributed by atoms with van der Waals surface area (Å²) in [5.41, 5.74) is 0. The van der Waals surface area contributed by atoms with Gasteiger partial charge in [-0.1, -0.05) is 0 Å². The molecule has 0 bridgehead atoms. The van der Waals surface area contributed by atoms with Gasteiger partial charge in [0.15, 0.2) is 0 Å². The topological polar surface area (TPSA) is 79.6 Å². The fraction of sp³-hybridized carbons (Fsp3) is 0.533. The van der Waals surface area contributed by atoms with Gasteiger partial charge in [0.05, 0.1) is 30.8 Å². The van der Waals surface area contributed by atoms with Crippen molar-refractivity contribution in [1.82, 2.24) is 4.31 Å². The molecule has 1 fully saturated rings. The summed E-state index contributed by atoms with van der Waals surface area (Å²) < 4.78 is 37.0. The number of ether oxygens (including phenoxy) is 2. The summed E-state index contributed by atoms with van der Waals surface area (Å²) >= 11 is 0. The molecule has 1 aliphatic rings. The number of sulfonamides is 1. The van der Waals surface area contributed by atoms with E-state index in [1.54, 1.807) is 24.3 Å². The number of nitriles is 1. The average molecular weight is 324 g/mol. The van der Waals surface area contributed by atoms with E-state index in [-0.39, 0.29) is 4.90 Å². The third-order valence-corrected chi connectivity index (χ3v) is 5.30. The zero-order valence-corrected chi connectivity index (χ0v) is 13.2. The number of benzene rings is 1. The molecule has 0 aromatic heterocycles. The summed E-state index contributed by atoms with van der Waals surface area (Å²) in [6, 6.07) is 8.54. The van der Waals surface area contributed by atoms with Gasteiger partial charge < -0.3 is 9.47 Å². The van der Waals surface area contributed by atoms with E-state index in [0.29, 0.717) is 45.1 Å². The van der Waals surface area contributed by atoms with Crippen LogP contribution in [-0.2, 0) is 14.8 Å². The van der Waals surface area contributed by atoms with Crippen LogP contribution in [0.25, 0.3) is 0 Å². The van der Waals surface area contributed by atoms with E-state index in [2.05, 4.69) is 6.07 Å². The second-order valence-corrected chi connectivity index (χ2v) is 6.89. The fourth-order valence-electron chi connectivity index (χ4n) is 2.14. The predicted octanol–water partition coefficient (Wildman–Crippen LogP) is 1.78. The Kier molecular flexibility index (Phi) is 6.19. The van der Waals surface area contributed by atoms with E-state index in [0.717, 1.165) is 12.8 Å². The lowest BCUT2D eigenvalue weighted by atomic mass is 10.2. The Hall–Kier alpha value is -1.62. The first-order valence-corrected chi connectivity index (χ1v) is 8.76. The Labute approximate surface area is 131 Å². The zero-order chi connectivity index (χ0) is 15.8. The first-order chi connectivity index (χ1) is 10.6. The smallest absolute Gasteiger partial charge is 0.243 e. The molecule has 1 heterocycles. The van der Waals surface area contributed by atoms with Gasteiger partial charge in [-0.25, -0.2) is 8.42 Å². The van der Waals surface area contributed by atoms with Gasteiger partial charge in [-0.05, 0) is 37.1 Å². The molecule has 7 heteroatoms. The molecule has 120 valence electrons. The van der Waals surface area contributed by atoms with Gasteiger partial charge in [0.1, 0.15) is 5.75 Å². The van der Waals surface area contributed by atoms with Crippen molar-refractivity contribution < 1.29 is 17.9 Å². The molecule has 0 atom stereocenters. The van der Waals surface area contributed by atoms with Crippen LogP contribution in [0.1, 0.15) is 19.3 Å². The van der Waals surface area contributed by atoms with Gasteiger partial charge in [0, 0.05) is 19.5 Å². The van der Waals surface area contributed by atoms with E-state index < -0.39 is 10.0 Å². The summed E-state index contributed by atoms with van der Waals surface area (Å²) in [6.45, 7) is 2.17. The van der Waals surface area contributed by atoms with Gasteiger partial charge in [-0.2, -0.15) is 9.57 Å². The molecule has 0 saturated carbocycles. The van der Waals surface area contributed by atoms with Crippen LogP contribution in [0.5, 0.6) is 5.75 Å². The molecule has 0 amide bonds. The molecule has 0 aliphatic carbocycles. The predicted molar refractivity (Wildman–Crippen MR) is 81.0 cm³/mol. The highest BCUT2D eigenvalue weighted by Gasteiger charge is 2.26. The van der Waals surface area contributed by atoms with Crippen LogP contribution in [-0.4, -0.2) is 45.6 Å². The van der Waals surface area contributed by atoms with Gasteiger partial charge in [0.25, 0.3) is 0 Å². The van der Waals surface area contributed by atoms with Crippen LogP contribution in [0.2, 0.25) is 0 Å². The quantitative estimate of drug-likeness (QED) is 0.714. The van der Waals surface area contributed by atoms with E-state index in [4.69, 9.17) is 14.7 Å². The van der Waals surface area contributed by atoms with Crippen molar-refractivity contribution in [2.45, 2.75) is 24.2 Å². The number of hydrogen-bond acceptors (Lipinski definition) is 5. The average Bonchev–Trinajstić information content (AvgIpc) is 2.56. The maximum Gasteiger partial charge on any atom is 0.243 e. The Balaban J connectivity index is 1.92. The summed E-state index contributed by atoms with van der Waals surface area (Å²) in [6.07, 6.45) is 2.14. The number of unbranched alkanes of at least 4 members (excludes halogenated alkanes) is 2. The molecule has 0 unspecified atom stereocenters. The molecule has 2 rings (SSSR count). The molecule has 1 saturated heterocycles. The third kappa shape index (κ3) is 4.44. The van der Waals surface area contributed by atoms with Crippen LogP contribution in [0.4, 0.5) is 0 Å². The second kappa shape index (κ2) is 8.13. The van der Waals surface area contributed by atoms with Crippen LogP contribution < -0.4 is 4.74 Å². The zero-order valence-electron chi connectivity index (χ0n) is 12.4. The fourth-order valence-corrected chi connectivity index (χ4v) is 3.55. The lowest BCUT2D eigenvalue weighted by Crippen LogP contribution is -2.40. The molecule has 0 N–H and O–H groups in total. The van der Waals surface area contributed by atoms with E-state index in [1.807, 2.05) is 0 Å². The molecule has 0 radical (unpaired) electrons. The van der Waals surface area contributed by atoms with Crippen molar-refractivity contribution in [2.75, 3.05) is 32.9 Å².